The predicted molar refractivity (Wildman–Crippen MR) is 47.4 cm³/mol. The largest absolute Gasteiger partial charge is 0.347 e. The SMILES string of the molecule is [CH2]C(C)C(c1cnc[nH]1)S(=O)(=O)O. The summed E-state index contributed by atoms with van der Waals surface area (Å²) in [5.74, 6) is -0.449. The normalized spacial score (nSPS) is 14.8. The van der Waals surface area contributed by atoms with Crippen molar-refractivity contribution in [2.24, 2.45) is 5.92 Å². The van der Waals surface area contributed by atoms with Gasteiger partial charge < -0.3 is 4.98 Å². The lowest BCUT2D eigenvalue weighted by Crippen LogP contribution is -2.18. The Morgan fingerprint density at radius 1 is 1.69 bits per heavy atom. The number of aromatic nitrogens is 2. The van der Waals surface area contributed by atoms with Crippen LogP contribution in [-0.2, 0) is 10.1 Å². The van der Waals surface area contributed by atoms with Gasteiger partial charge in [-0.2, -0.15) is 8.42 Å². The molecule has 1 heterocycles. The van der Waals surface area contributed by atoms with E-state index in [1.54, 1.807) is 6.92 Å². The van der Waals surface area contributed by atoms with Crippen LogP contribution in [0.25, 0.3) is 0 Å². The minimum absolute atomic E-state index is 0.352. The Morgan fingerprint density at radius 2 is 2.31 bits per heavy atom. The average Bonchev–Trinajstić information content (AvgIpc) is 2.34. The van der Waals surface area contributed by atoms with E-state index < -0.39 is 21.3 Å². The highest BCUT2D eigenvalue weighted by molar-refractivity contribution is 7.86. The molecule has 73 valence electrons. The molecule has 2 N–H and O–H groups in total. The second-order valence-electron chi connectivity index (χ2n) is 2.92. The van der Waals surface area contributed by atoms with Crippen LogP contribution in [0.2, 0.25) is 0 Å². The molecular weight excluding hydrogens is 192 g/mol. The average molecular weight is 203 g/mol. The summed E-state index contributed by atoms with van der Waals surface area (Å²) in [6.07, 6.45) is 2.72. The zero-order valence-electron chi connectivity index (χ0n) is 7.14. The number of nitrogens with zero attached hydrogens (tertiary/aromatic N) is 1. The fraction of sp³-hybridized carbons (Fsp3) is 0.429. The molecule has 13 heavy (non-hydrogen) atoms. The van der Waals surface area contributed by atoms with E-state index in [2.05, 4.69) is 16.9 Å². The Balaban J connectivity index is 3.09. The first kappa shape index (κ1) is 10.2. The minimum Gasteiger partial charge on any atom is -0.347 e. The van der Waals surface area contributed by atoms with Crippen LogP contribution in [0.1, 0.15) is 17.9 Å². The molecule has 1 rings (SSSR count). The van der Waals surface area contributed by atoms with Gasteiger partial charge in [0.2, 0.25) is 0 Å². The van der Waals surface area contributed by atoms with Crippen LogP contribution in [0.3, 0.4) is 0 Å². The second-order valence-corrected chi connectivity index (χ2v) is 4.46. The van der Waals surface area contributed by atoms with E-state index in [9.17, 15) is 8.42 Å². The molecule has 0 saturated heterocycles. The van der Waals surface area contributed by atoms with Gasteiger partial charge in [-0.1, -0.05) is 6.92 Å². The second kappa shape index (κ2) is 3.47. The highest BCUT2D eigenvalue weighted by Gasteiger charge is 2.29. The Morgan fingerprint density at radius 3 is 2.62 bits per heavy atom. The summed E-state index contributed by atoms with van der Waals surface area (Å²) < 4.78 is 30.8. The quantitative estimate of drug-likeness (QED) is 0.712. The van der Waals surface area contributed by atoms with E-state index in [1.165, 1.54) is 12.5 Å². The summed E-state index contributed by atoms with van der Waals surface area (Å²) in [4.78, 5) is 6.31. The molecule has 0 amide bonds. The maximum atomic E-state index is 10.9. The summed E-state index contributed by atoms with van der Waals surface area (Å²) in [6.45, 7) is 5.18. The third kappa shape index (κ3) is 2.28. The van der Waals surface area contributed by atoms with Gasteiger partial charge in [0.05, 0.1) is 12.0 Å². The summed E-state index contributed by atoms with van der Waals surface area (Å²) >= 11 is 0. The molecule has 1 radical (unpaired) electrons. The van der Waals surface area contributed by atoms with Gasteiger partial charge in [0.15, 0.2) is 0 Å². The Hall–Kier alpha value is -0.880. The van der Waals surface area contributed by atoms with E-state index in [0.717, 1.165) is 0 Å². The molecule has 1 aromatic heterocycles. The van der Waals surface area contributed by atoms with Crippen molar-refractivity contribution in [1.82, 2.24) is 9.97 Å². The van der Waals surface area contributed by atoms with Gasteiger partial charge in [-0.05, 0) is 12.8 Å². The summed E-state index contributed by atoms with van der Waals surface area (Å²) in [5.41, 5.74) is 0.352. The van der Waals surface area contributed by atoms with E-state index in [4.69, 9.17) is 4.55 Å². The summed E-state index contributed by atoms with van der Waals surface area (Å²) in [7, 11) is -4.12. The highest BCUT2D eigenvalue weighted by Crippen LogP contribution is 2.26. The molecule has 2 unspecified atom stereocenters. The van der Waals surface area contributed by atoms with Crippen molar-refractivity contribution < 1.29 is 13.0 Å². The van der Waals surface area contributed by atoms with Gasteiger partial charge in [0.25, 0.3) is 10.1 Å². The van der Waals surface area contributed by atoms with Gasteiger partial charge in [0, 0.05) is 6.20 Å². The molecule has 2 atom stereocenters. The van der Waals surface area contributed by atoms with Crippen molar-refractivity contribution in [2.45, 2.75) is 12.2 Å². The van der Waals surface area contributed by atoms with Gasteiger partial charge in [-0.15, -0.1) is 0 Å². The Kier molecular flexibility index (Phi) is 2.72. The van der Waals surface area contributed by atoms with Crippen LogP contribution in [0.5, 0.6) is 0 Å². The molecule has 0 spiro atoms. The van der Waals surface area contributed by atoms with Crippen molar-refractivity contribution in [3.05, 3.63) is 25.1 Å². The van der Waals surface area contributed by atoms with E-state index in [0.29, 0.717) is 5.69 Å². The molecular formula is C7H11N2O3S. The van der Waals surface area contributed by atoms with Crippen LogP contribution in [-0.4, -0.2) is 22.9 Å². The van der Waals surface area contributed by atoms with E-state index in [-0.39, 0.29) is 0 Å². The Labute approximate surface area is 76.9 Å². The van der Waals surface area contributed by atoms with Crippen LogP contribution < -0.4 is 0 Å². The first-order chi connectivity index (χ1) is 5.93. The van der Waals surface area contributed by atoms with Crippen molar-refractivity contribution in [1.29, 1.82) is 0 Å². The fourth-order valence-electron chi connectivity index (χ4n) is 1.18. The number of rotatable bonds is 3. The van der Waals surface area contributed by atoms with Crippen molar-refractivity contribution in [3.63, 3.8) is 0 Å². The monoisotopic (exact) mass is 203 g/mol. The molecule has 0 aliphatic carbocycles. The molecule has 0 aliphatic rings. The molecule has 0 aromatic carbocycles. The van der Waals surface area contributed by atoms with E-state index >= 15 is 0 Å². The predicted octanol–water partition coefficient (Wildman–Crippen LogP) is 0.809. The summed E-state index contributed by atoms with van der Waals surface area (Å²) in [6, 6.07) is 0. The molecule has 0 saturated carbocycles. The molecule has 5 nitrogen and oxygen atoms in total. The topological polar surface area (TPSA) is 83.0 Å². The van der Waals surface area contributed by atoms with Gasteiger partial charge in [-0.25, -0.2) is 4.98 Å². The zero-order chi connectivity index (χ0) is 10.1. The number of hydrogen-bond acceptors (Lipinski definition) is 3. The highest BCUT2D eigenvalue weighted by atomic mass is 32.2. The maximum Gasteiger partial charge on any atom is 0.273 e. The molecule has 6 heteroatoms. The third-order valence-corrected chi connectivity index (χ3v) is 3.02. The van der Waals surface area contributed by atoms with Crippen molar-refractivity contribution in [2.75, 3.05) is 0 Å². The fourth-order valence-corrected chi connectivity index (χ4v) is 2.22. The van der Waals surface area contributed by atoms with Crippen LogP contribution >= 0.6 is 0 Å². The standard InChI is InChI=1S/C7H11N2O3S/c1-5(2)7(13(10,11)12)6-3-8-4-9-6/h3-5,7H,1H2,2H3,(H,8,9)(H,10,11,12). The number of imidazole rings is 1. The lowest BCUT2D eigenvalue weighted by Gasteiger charge is -2.15. The minimum atomic E-state index is -4.12. The molecule has 0 aliphatic heterocycles. The lowest BCUT2D eigenvalue weighted by atomic mass is 10.1. The maximum absolute atomic E-state index is 10.9. The number of nitrogens with one attached hydrogen (secondary N) is 1. The number of aromatic amines is 1. The molecule has 1 aromatic rings. The van der Waals surface area contributed by atoms with Gasteiger partial charge in [-0.3, -0.25) is 4.55 Å². The third-order valence-electron chi connectivity index (χ3n) is 1.66. The van der Waals surface area contributed by atoms with Crippen molar-refractivity contribution in [3.8, 4) is 0 Å². The smallest absolute Gasteiger partial charge is 0.273 e. The van der Waals surface area contributed by atoms with Crippen molar-refractivity contribution >= 4 is 10.1 Å². The molecule has 0 bridgehead atoms. The number of hydrogen-bond donors (Lipinski definition) is 2. The Bertz CT molecular complexity index is 355. The summed E-state index contributed by atoms with van der Waals surface area (Å²) in [5, 5.41) is -1.03. The van der Waals surface area contributed by atoms with Crippen LogP contribution in [0.15, 0.2) is 12.5 Å². The van der Waals surface area contributed by atoms with E-state index in [1.807, 2.05) is 0 Å². The van der Waals surface area contributed by atoms with Gasteiger partial charge >= 0.3 is 0 Å². The first-order valence-corrected chi connectivity index (χ1v) is 5.21. The molecule has 0 fully saturated rings. The first-order valence-electron chi connectivity index (χ1n) is 3.70. The number of H-pyrrole nitrogens is 1. The van der Waals surface area contributed by atoms with Crippen LogP contribution in [0.4, 0.5) is 0 Å². The van der Waals surface area contributed by atoms with Gasteiger partial charge in [0.1, 0.15) is 5.25 Å². The van der Waals surface area contributed by atoms with Crippen LogP contribution in [0, 0.1) is 12.8 Å². The zero-order valence-corrected chi connectivity index (χ0v) is 7.95. The lowest BCUT2D eigenvalue weighted by molar-refractivity contribution is 0.452.